The SMILES string of the molecule is CCN(C(=O)NC(F)(F)F)c1ccccc1. The summed E-state index contributed by atoms with van der Waals surface area (Å²) in [4.78, 5) is 12.3. The van der Waals surface area contributed by atoms with Crippen molar-refractivity contribution >= 4 is 11.7 Å². The van der Waals surface area contributed by atoms with Crippen LogP contribution in [-0.2, 0) is 0 Å². The van der Waals surface area contributed by atoms with Gasteiger partial charge in [-0.1, -0.05) is 18.2 Å². The van der Waals surface area contributed by atoms with E-state index in [2.05, 4.69) is 0 Å². The summed E-state index contributed by atoms with van der Waals surface area (Å²) in [5, 5.41) is 0.956. The minimum atomic E-state index is -4.71. The van der Waals surface area contributed by atoms with Crippen LogP contribution < -0.4 is 10.2 Å². The minimum absolute atomic E-state index is 0.159. The molecule has 0 aliphatic carbocycles. The van der Waals surface area contributed by atoms with Crippen LogP contribution in [0, 0.1) is 0 Å². The van der Waals surface area contributed by atoms with Gasteiger partial charge >= 0.3 is 12.3 Å². The van der Waals surface area contributed by atoms with Gasteiger partial charge in [-0.3, -0.25) is 4.90 Å². The van der Waals surface area contributed by atoms with E-state index < -0.39 is 12.3 Å². The Balaban J connectivity index is 2.80. The van der Waals surface area contributed by atoms with Gasteiger partial charge in [-0.05, 0) is 19.1 Å². The summed E-state index contributed by atoms with van der Waals surface area (Å²) in [7, 11) is 0. The Bertz CT molecular complexity index is 351. The van der Waals surface area contributed by atoms with Crippen molar-refractivity contribution < 1.29 is 18.0 Å². The molecule has 0 aliphatic heterocycles. The van der Waals surface area contributed by atoms with Crippen molar-refractivity contribution in [3.05, 3.63) is 30.3 Å². The van der Waals surface area contributed by atoms with Gasteiger partial charge in [0, 0.05) is 12.2 Å². The highest BCUT2D eigenvalue weighted by Gasteiger charge is 2.32. The molecule has 1 aromatic rings. The first kappa shape index (κ1) is 12.4. The van der Waals surface area contributed by atoms with Crippen molar-refractivity contribution in [2.45, 2.75) is 13.2 Å². The van der Waals surface area contributed by atoms with E-state index in [1.54, 1.807) is 37.3 Å². The van der Waals surface area contributed by atoms with E-state index >= 15 is 0 Å². The topological polar surface area (TPSA) is 32.3 Å². The Morgan fingerprint density at radius 1 is 1.31 bits per heavy atom. The lowest BCUT2D eigenvalue weighted by Gasteiger charge is -2.22. The van der Waals surface area contributed by atoms with E-state index in [-0.39, 0.29) is 6.54 Å². The molecule has 0 aliphatic rings. The average molecular weight is 232 g/mol. The number of halogens is 3. The third kappa shape index (κ3) is 3.45. The largest absolute Gasteiger partial charge is 0.485 e. The second-order valence-corrected chi connectivity index (χ2v) is 3.01. The molecule has 0 fully saturated rings. The van der Waals surface area contributed by atoms with Gasteiger partial charge in [0.1, 0.15) is 0 Å². The van der Waals surface area contributed by atoms with Crippen molar-refractivity contribution in [3.8, 4) is 0 Å². The number of rotatable bonds is 2. The second kappa shape index (κ2) is 4.87. The Hall–Kier alpha value is -1.72. The molecular formula is C10H11F3N2O. The first-order valence-electron chi connectivity index (χ1n) is 4.65. The van der Waals surface area contributed by atoms with Crippen LogP contribution in [-0.4, -0.2) is 18.9 Å². The molecule has 0 saturated heterocycles. The van der Waals surface area contributed by atoms with Crippen LogP contribution in [0.1, 0.15) is 6.92 Å². The second-order valence-electron chi connectivity index (χ2n) is 3.01. The molecule has 0 atom stereocenters. The number of hydrogen-bond acceptors (Lipinski definition) is 1. The Labute approximate surface area is 90.9 Å². The van der Waals surface area contributed by atoms with E-state index in [9.17, 15) is 18.0 Å². The van der Waals surface area contributed by atoms with Gasteiger partial charge in [0.05, 0.1) is 0 Å². The first-order valence-corrected chi connectivity index (χ1v) is 4.65. The summed E-state index contributed by atoms with van der Waals surface area (Å²) < 4.78 is 35.9. The maximum absolute atomic E-state index is 12.0. The molecule has 1 N–H and O–H groups in total. The van der Waals surface area contributed by atoms with Gasteiger partial charge in [0.25, 0.3) is 0 Å². The van der Waals surface area contributed by atoms with Gasteiger partial charge in [0.15, 0.2) is 0 Å². The predicted molar refractivity (Wildman–Crippen MR) is 54.0 cm³/mol. The zero-order valence-electron chi connectivity index (χ0n) is 8.58. The molecule has 88 valence electrons. The number of anilines is 1. The van der Waals surface area contributed by atoms with Crippen LogP contribution >= 0.6 is 0 Å². The number of urea groups is 1. The van der Waals surface area contributed by atoms with Crippen molar-refractivity contribution in [2.24, 2.45) is 0 Å². The predicted octanol–water partition coefficient (Wildman–Crippen LogP) is 2.74. The molecule has 1 aromatic carbocycles. The quantitative estimate of drug-likeness (QED) is 0.781. The molecule has 0 bridgehead atoms. The minimum Gasteiger partial charge on any atom is -0.295 e. The number of nitrogens with one attached hydrogen (secondary N) is 1. The van der Waals surface area contributed by atoms with Crippen molar-refractivity contribution in [2.75, 3.05) is 11.4 Å². The summed E-state index contributed by atoms with van der Waals surface area (Å²) >= 11 is 0. The highest BCUT2D eigenvalue weighted by atomic mass is 19.4. The molecule has 0 unspecified atom stereocenters. The zero-order chi connectivity index (χ0) is 12.2. The van der Waals surface area contributed by atoms with Gasteiger partial charge in [-0.15, -0.1) is 0 Å². The van der Waals surface area contributed by atoms with E-state index in [1.807, 2.05) is 0 Å². The van der Waals surface area contributed by atoms with E-state index in [4.69, 9.17) is 0 Å². The summed E-state index contributed by atoms with van der Waals surface area (Å²) in [6.45, 7) is 1.76. The number of alkyl halides is 3. The molecule has 6 heteroatoms. The summed E-state index contributed by atoms with van der Waals surface area (Å²) in [5.41, 5.74) is 0.423. The van der Waals surface area contributed by atoms with Gasteiger partial charge in [-0.2, -0.15) is 13.2 Å². The number of para-hydroxylation sites is 1. The van der Waals surface area contributed by atoms with Crippen molar-refractivity contribution in [3.63, 3.8) is 0 Å². The van der Waals surface area contributed by atoms with Gasteiger partial charge < -0.3 is 0 Å². The summed E-state index contributed by atoms with van der Waals surface area (Å²) in [5.74, 6) is 0. The maximum atomic E-state index is 12.0. The standard InChI is InChI=1S/C10H11F3N2O/c1-2-15(8-6-4-3-5-7-8)9(16)14-10(11,12)13/h3-7H,2H2,1H3,(H,14,16). The smallest absolute Gasteiger partial charge is 0.295 e. The maximum Gasteiger partial charge on any atom is 0.485 e. The number of nitrogens with zero attached hydrogens (tertiary/aromatic N) is 1. The molecule has 16 heavy (non-hydrogen) atoms. The molecule has 3 nitrogen and oxygen atoms in total. The Morgan fingerprint density at radius 3 is 2.31 bits per heavy atom. The lowest BCUT2D eigenvalue weighted by atomic mass is 10.3. The Morgan fingerprint density at radius 2 is 1.88 bits per heavy atom. The molecule has 1 rings (SSSR count). The van der Waals surface area contributed by atoms with E-state index in [0.29, 0.717) is 5.69 Å². The number of carbonyl (C=O) groups is 1. The molecule has 2 amide bonds. The van der Waals surface area contributed by atoms with E-state index in [0.717, 1.165) is 10.2 Å². The zero-order valence-corrected chi connectivity index (χ0v) is 8.58. The first-order chi connectivity index (χ1) is 7.44. The third-order valence-electron chi connectivity index (χ3n) is 1.88. The highest BCUT2D eigenvalue weighted by molar-refractivity contribution is 5.91. The fraction of sp³-hybridized carbons (Fsp3) is 0.300. The third-order valence-corrected chi connectivity index (χ3v) is 1.88. The monoisotopic (exact) mass is 232 g/mol. The van der Waals surface area contributed by atoms with Crippen LogP contribution in [0.25, 0.3) is 0 Å². The highest BCUT2D eigenvalue weighted by Crippen LogP contribution is 2.16. The molecule has 0 radical (unpaired) electrons. The fourth-order valence-corrected chi connectivity index (χ4v) is 1.24. The van der Waals surface area contributed by atoms with Crippen LogP contribution in [0.5, 0.6) is 0 Å². The van der Waals surface area contributed by atoms with Crippen LogP contribution in [0.15, 0.2) is 30.3 Å². The molecule has 0 saturated carbocycles. The summed E-state index contributed by atoms with van der Waals surface area (Å²) in [6.07, 6.45) is -4.71. The molecule has 0 heterocycles. The lowest BCUT2D eigenvalue weighted by Crippen LogP contribution is -2.46. The lowest BCUT2D eigenvalue weighted by molar-refractivity contribution is -0.145. The van der Waals surface area contributed by atoms with Gasteiger partial charge in [-0.25, -0.2) is 10.1 Å². The van der Waals surface area contributed by atoms with Crippen LogP contribution in [0.2, 0.25) is 0 Å². The Kier molecular flexibility index (Phi) is 3.76. The average Bonchev–Trinajstić information content (AvgIpc) is 2.17. The molecule has 0 aromatic heterocycles. The molecule has 0 spiro atoms. The number of carbonyl (C=O) groups excluding carboxylic acids is 1. The van der Waals surface area contributed by atoms with Crippen molar-refractivity contribution in [1.29, 1.82) is 0 Å². The number of hydrogen-bond donors (Lipinski definition) is 1. The normalized spacial score (nSPS) is 11.0. The number of amides is 2. The number of benzene rings is 1. The molecular weight excluding hydrogens is 221 g/mol. The summed E-state index contributed by atoms with van der Waals surface area (Å²) in [6, 6.07) is 6.98. The van der Waals surface area contributed by atoms with Crippen LogP contribution in [0.4, 0.5) is 23.7 Å². The van der Waals surface area contributed by atoms with Gasteiger partial charge in [0.2, 0.25) is 0 Å². The van der Waals surface area contributed by atoms with Crippen molar-refractivity contribution in [1.82, 2.24) is 5.32 Å². The fourth-order valence-electron chi connectivity index (χ4n) is 1.24. The van der Waals surface area contributed by atoms with E-state index in [1.165, 1.54) is 0 Å². The van der Waals surface area contributed by atoms with Crippen LogP contribution in [0.3, 0.4) is 0 Å².